The topological polar surface area (TPSA) is 53.4 Å². The Hall–Kier alpha value is -4.12. The number of para-hydroxylation sites is 1. The average molecular weight is 493 g/mol. The molecule has 188 valence electrons. The van der Waals surface area contributed by atoms with Crippen LogP contribution >= 0.6 is 0 Å². The summed E-state index contributed by atoms with van der Waals surface area (Å²) in [6, 6.07) is 28.8. The maximum absolute atomic E-state index is 12.3. The lowest BCUT2D eigenvalue weighted by Gasteiger charge is -2.19. The summed E-state index contributed by atoms with van der Waals surface area (Å²) in [7, 11) is 0. The van der Waals surface area contributed by atoms with Crippen molar-refractivity contribution in [1.82, 2.24) is 9.55 Å². The van der Waals surface area contributed by atoms with Crippen molar-refractivity contribution in [2.24, 2.45) is 0 Å². The molecule has 4 aromatic carbocycles. The predicted octanol–water partition coefficient (Wildman–Crippen LogP) is 8.17. The van der Waals surface area contributed by atoms with Crippen molar-refractivity contribution in [3.05, 3.63) is 96.3 Å². The quantitative estimate of drug-likeness (QED) is 0.177. The van der Waals surface area contributed by atoms with E-state index in [1.807, 2.05) is 39.0 Å². The van der Waals surface area contributed by atoms with Crippen molar-refractivity contribution >= 4 is 28.0 Å². The summed E-state index contributed by atoms with van der Waals surface area (Å²) in [4.78, 5) is 17.2. The molecule has 1 aromatic heterocycles. The first-order valence-corrected chi connectivity index (χ1v) is 12.8. The monoisotopic (exact) mass is 492 g/mol. The number of carbonyl (C=O) groups is 1. The van der Waals surface area contributed by atoms with Gasteiger partial charge in [0.25, 0.3) is 0 Å². The van der Waals surface area contributed by atoms with Gasteiger partial charge in [0, 0.05) is 18.5 Å². The third-order valence-corrected chi connectivity index (χ3v) is 6.24. The number of imidazole rings is 1. The van der Waals surface area contributed by atoms with Crippen LogP contribution in [-0.2, 0) is 17.7 Å². The van der Waals surface area contributed by atoms with Gasteiger partial charge < -0.3 is 14.0 Å². The summed E-state index contributed by atoms with van der Waals surface area (Å²) in [6.45, 7) is 8.37. The Morgan fingerprint density at radius 2 is 1.57 bits per heavy atom. The van der Waals surface area contributed by atoms with Gasteiger partial charge in [0.05, 0.1) is 11.0 Å². The maximum atomic E-state index is 12.3. The molecule has 0 aliphatic heterocycles. The summed E-state index contributed by atoms with van der Waals surface area (Å²) >= 11 is 0. The van der Waals surface area contributed by atoms with Gasteiger partial charge in [-0.05, 0) is 67.3 Å². The van der Waals surface area contributed by atoms with Gasteiger partial charge in [-0.3, -0.25) is 0 Å². The number of rotatable bonds is 6. The minimum absolute atomic E-state index is 0.474. The van der Waals surface area contributed by atoms with E-state index in [0.29, 0.717) is 5.75 Å². The maximum Gasteiger partial charge on any atom is 0.514 e. The van der Waals surface area contributed by atoms with Crippen LogP contribution in [0.1, 0.15) is 45.5 Å². The van der Waals surface area contributed by atoms with Crippen LogP contribution in [0.5, 0.6) is 5.75 Å². The number of aryl methyl sites for hydroxylation is 1. The average Bonchev–Trinajstić information content (AvgIpc) is 3.18. The zero-order valence-corrected chi connectivity index (χ0v) is 21.8. The molecule has 0 saturated heterocycles. The molecule has 5 aromatic rings. The van der Waals surface area contributed by atoms with Crippen molar-refractivity contribution in [3.8, 4) is 16.9 Å². The fourth-order valence-corrected chi connectivity index (χ4v) is 4.58. The molecule has 0 unspecified atom stereocenters. The summed E-state index contributed by atoms with van der Waals surface area (Å²) in [5, 5.41) is 2.43. The smallest absolute Gasteiger partial charge is 0.428 e. The molecule has 0 N–H and O–H groups in total. The molecular formula is C32H32N2O3. The molecule has 0 amide bonds. The third-order valence-electron chi connectivity index (χ3n) is 6.24. The van der Waals surface area contributed by atoms with Gasteiger partial charge in [-0.15, -0.1) is 0 Å². The first-order valence-electron chi connectivity index (χ1n) is 12.8. The highest BCUT2D eigenvalue weighted by Gasteiger charge is 2.19. The molecule has 0 bridgehead atoms. The van der Waals surface area contributed by atoms with Crippen LogP contribution in [0.3, 0.4) is 0 Å². The zero-order valence-electron chi connectivity index (χ0n) is 21.8. The molecule has 0 aliphatic rings. The van der Waals surface area contributed by atoms with Crippen LogP contribution in [-0.4, -0.2) is 21.3 Å². The van der Waals surface area contributed by atoms with E-state index in [0.717, 1.165) is 47.4 Å². The molecule has 0 radical (unpaired) electrons. The van der Waals surface area contributed by atoms with Crippen LogP contribution in [0.25, 0.3) is 32.9 Å². The first kappa shape index (κ1) is 24.6. The highest BCUT2D eigenvalue weighted by molar-refractivity contribution is 5.95. The van der Waals surface area contributed by atoms with E-state index in [4.69, 9.17) is 14.5 Å². The van der Waals surface area contributed by atoms with Crippen molar-refractivity contribution in [1.29, 1.82) is 0 Å². The number of ether oxygens (including phenoxy) is 2. The van der Waals surface area contributed by atoms with Crippen molar-refractivity contribution in [2.45, 2.75) is 52.7 Å². The van der Waals surface area contributed by atoms with Gasteiger partial charge in [0.1, 0.15) is 17.2 Å². The summed E-state index contributed by atoms with van der Waals surface area (Å²) in [5.74, 6) is 1.58. The normalized spacial score (nSPS) is 11.7. The van der Waals surface area contributed by atoms with E-state index in [-0.39, 0.29) is 0 Å². The molecule has 37 heavy (non-hydrogen) atoms. The van der Waals surface area contributed by atoms with E-state index in [1.165, 1.54) is 16.3 Å². The lowest BCUT2D eigenvalue weighted by molar-refractivity contribution is 0.0207. The summed E-state index contributed by atoms with van der Waals surface area (Å²) in [5.41, 5.74) is 4.56. The highest BCUT2D eigenvalue weighted by Crippen LogP contribution is 2.31. The van der Waals surface area contributed by atoms with Gasteiger partial charge in [-0.25, -0.2) is 9.78 Å². The lowest BCUT2D eigenvalue weighted by atomic mass is 10.0. The molecule has 5 rings (SSSR count). The molecule has 0 saturated carbocycles. The van der Waals surface area contributed by atoms with Crippen LogP contribution < -0.4 is 4.74 Å². The summed E-state index contributed by atoms with van der Waals surface area (Å²) < 4.78 is 13.2. The molecule has 5 nitrogen and oxygen atoms in total. The Balaban J connectivity index is 1.43. The highest BCUT2D eigenvalue weighted by atomic mass is 16.7. The van der Waals surface area contributed by atoms with Crippen molar-refractivity contribution in [2.75, 3.05) is 0 Å². The van der Waals surface area contributed by atoms with Gasteiger partial charge >= 0.3 is 6.16 Å². The Bertz CT molecular complexity index is 1560. The van der Waals surface area contributed by atoms with E-state index in [9.17, 15) is 4.79 Å². The third kappa shape index (κ3) is 5.51. The Morgan fingerprint density at radius 3 is 2.27 bits per heavy atom. The fraction of sp³-hybridized carbons (Fsp3) is 0.250. The van der Waals surface area contributed by atoms with Gasteiger partial charge in [-0.1, -0.05) is 73.7 Å². The first-order chi connectivity index (χ1) is 17.8. The Morgan fingerprint density at radius 1 is 0.892 bits per heavy atom. The Labute approximate surface area is 217 Å². The largest absolute Gasteiger partial charge is 0.514 e. The van der Waals surface area contributed by atoms with Crippen molar-refractivity contribution in [3.63, 3.8) is 0 Å². The number of hydrogen-bond donors (Lipinski definition) is 0. The lowest BCUT2D eigenvalue weighted by Crippen LogP contribution is -2.26. The van der Waals surface area contributed by atoms with Crippen LogP contribution in [0, 0.1) is 0 Å². The number of hydrogen-bond acceptors (Lipinski definition) is 4. The minimum Gasteiger partial charge on any atom is -0.428 e. The van der Waals surface area contributed by atoms with E-state index < -0.39 is 11.8 Å². The minimum atomic E-state index is -0.709. The number of benzene rings is 4. The van der Waals surface area contributed by atoms with Gasteiger partial charge in [0.15, 0.2) is 0 Å². The predicted molar refractivity (Wildman–Crippen MR) is 149 cm³/mol. The second-order valence-corrected chi connectivity index (χ2v) is 10.3. The van der Waals surface area contributed by atoms with E-state index in [1.54, 1.807) is 6.07 Å². The molecule has 0 atom stereocenters. The SMILES string of the molecule is CCCc1nc2cc3ccccc3cc2n1Cc1ccc(-c2ccccc2OC(=O)OC(C)(C)C)cc1. The molecule has 0 fully saturated rings. The van der Waals surface area contributed by atoms with Gasteiger partial charge in [-0.2, -0.15) is 0 Å². The second kappa shape index (κ2) is 10.1. The molecule has 0 aliphatic carbocycles. The van der Waals surface area contributed by atoms with Gasteiger partial charge in [0.2, 0.25) is 0 Å². The summed E-state index contributed by atoms with van der Waals surface area (Å²) in [6.07, 6.45) is 1.26. The standard InChI is InChI=1S/C32H32N2O3/c1-5-10-30-33-27-19-24-11-6-7-12-25(24)20-28(27)34(30)21-22-15-17-23(18-16-22)26-13-8-9-14-29(26)36-31(35)37-32(2,3)4/h6-9,11-20H,5,10,21H2,1-4H3. The number of fused-ring (bicyclic) bond motifs is 2. The molecule has 5 heteroatoms. The van der Waals surface area contributed by atoms with Crippen molar-refractivity contribution < 1.29 is 14.3 Å². The molecule has 1 heterocycles. The van der Waals surface area contributed by atoms with E-state index >= 15 is 0 Å². The van der Waals surface area contributed by atoms with Crippen LogP contribution in [0.2, 0.25) is 0 Å². The number of carbonyl (C=O) groups excluding carboxylic acids is 1. The zero-order chi connectivity index (χ0) is 26.0. The molecular weight excluding hydrogens is 460 g/mol. The van der Waals surface area contributed by atoms with Crippen LogP contribution in [0.4, 0.5) is 4.79 Å². The number of aromatic nitrogens is 2. The van der Waals surface area contributed by atoms with E-state index in [2.05, 4.69) is 72.2 Å². The van der Waals surface area contributed by atoms with Crippen LogP contribution in [0.15, 0.2) is 84.9 Å². The second-order valence-electron chi connectivity index (χ2n) is 10.3. The number of nitrogens with zero attached hydrogens (tertiary/aromatic N) is 2. The fourth-order valence-electron chi connectivity index (χ4n) is 4.58. The molecule has 0 spiro atoms. The Kier molecular flexibility index (Phi) is 6.70.